The van der Waals surface area contributed by atoms with Crippen molar-refractivity contribution in [2.24, 2.45) is 0 Å². The highest BCUT2D eigenvalue weighted by atomic mass is 35.5. The lowest BCUT2D eigenvalue weighted by Gasteiger charge is -2.37. The Morgan fingerprint density at radius 1 is 1.21 bits per heavy atom. The van der Waals surface area contributed by atoms with Gasteiger partial charge in [0, 0.05) is 38.8 Å². The minimum absolute atomic E-state index is 0.168. The maximum atomic E-state index is 13.0. The number of amides is 1. The normalized spacial score (nSPS) is 14.4. The molecule has 4 rings (SSSR count). The van der Waals surface area contributed by atoms with Gasteiger partial charge in [0.15, 0.2) is 5.13 Å². The monoisotopic (exact) mass is 487 g/mol. The molecular weight excluding hydrogens is 462 g/mol. The van der Waals surface area contributed by atoms with Gasteiger partial charge in [0.2, 0.25) is 0 Å². The van der Waals surface area contributed by atoms with Crippen molar-refractivity contribution in [3.8, 4) is 0 Å². The minimum atomic E-state index is -0.216. The zero-order valence-electron chi connectivity index (χ0n) is 18.5. The number of aliphatic hydroxyl groups is 1. The van der Waals surface area contributed by atoms with Gasteiger partial charge in [-0.15, -0.1) is 0 Å². The average molecular weight is 488 g/mol. The number of rotatable bonds is 7. The molecule has 1 aliphatic heterocycles. The fourth-order valence-corrected chi connectivity index (χ4v) is 4.69. The lowest BCUT2D eigenvalue weighted by molar-refractivity contribution is 0.103. The number of halogens is 1. The third kappa shape index (κ3) is 5.77. The minimum Gasteiger partial charge on any atom is -0.395 e. The number of thiazole rings is 1. The number of aromatic nitrogens is 3. The number of hydrogen-bond donors (Lipinski definition) is 3. The van der Waals surface area contributed by atoms with Crippen LogP contribution in [0.2, 0.25) is 5.15 Å². The van der Waals surface area contributed by atoms with Crippen LogP contribution >= 0.6 is 22.9 Å². The highest BCUT2D eigenvalue weighted by Crippen LogP contribution is 2.31. The van der Waals surface area contributed by atoms with Gasteiger partial charge in [-0.3, -0.25) is 9.69 Å². The van der Waals surface area contributed by atoms with E-state index in [1.165, 1.54) is 11.3 Å². The second-order valence-corrected chi connectivity index (χ2v) is 9.17. The van der Waals surface area contributed by atoms with E-state index in [2.05, 4.69) is 35.4 Å². The molecule has 2 aromatic heterocycles. The third-order valence-corrected chi connectivity index (χ3v) is 6.49. The number of nitrogens with one attached hydrogen (secondary N) is 2. The quantitative estimate of drug-likeness (QED) is 0.436. The number of aryl methyl sites for hydroxylation is 2. The molecule has 9 nitrogen and oxygen atoms in total. The number of para-hydroxylation sites is 1. The molecule has 0 saturated carbocycles. The summed E-state index contributed by atoms with van der Waals surface area (Å²) in [6, 6.07) is 7.63. The second-order valence-electron chi connectivity index (χ2n) is 7.75. The average Bonchev–Trinajstić information content (AvgIpc) is 3.24. The number of aliphatic hydroxyl groups excluding tert-OH is 1. The summed E-state index contributed by atoms with van der Waals surface area (Å²) in [6.07, 6.45) is 1.55. The highest BCUT2D eigenvalue weighted by molar-refractivity contribution is 7.17. The Hall–Kier alpha value is -2.79. The fraction of sp³-hybridized carbons (Fsp3) is 0.364. The van der Waals surface area contributed by atoms with Gasteiger partial charge in [0.25, 0.3) is 5.91 Å². The first kappa shape index (κ1) is 23.4. The Bertz CT molecular complexity index is 1110. The number of β-amino-alcohol motifs (C(OH)–C–C–N with tert-alkyl or cyclic N) is 1. The van der Waals surface area contributed by atoms with E-state index < -0.39 is 0 Å². The van der Waals surface area contributed by atoms with E-state index in [9.17, 15) is 9.90 Å². The molecule has 1 amide bonds. The Morgan fingerprint density at radius 3 is 2.73 bits per heavy atom. The predicted molar refractivity (Wildman–Crippen MR) is 132 cm³/mol. The molecule has 0 spiro atoms. The van der Waals surface area contributed by atoms with Crippen LogP contribution in [0.15, 0.2) is 30.5 Å². The standard InChI is InChI=1S/C22H26ClN7O2S/c1-14-4-3-5-16(30-8-6-29(7-9-30)10-11-31)20(14)28-21(32)17-13-24-22(33-17)27-19-12-18(23)25-15(2)26-19/h3-5,12-13,31H,6-11H2,1-2H3,(H,28,32)(H,24,25,26,27). The number of piperazine rings is 1. The van der Waals surface area contributed by atoms with E-state index in [0.717, 1.165) is 43.1 Å². The van der Waals surface area contributed by atoms with E-state index >= 15 is 0 Å². The first-order chi connectivity index (χ1) is 15.9. The van der Waals surface area contributed by atoms with Gasteiger partial charge in [0.1, 0.15) is 21.7 Å². The van der Waals surface area contributed by atoms with Crippen LogP contribution in [-0.4, -0.2) is 70.2 Å². The largest absolute Gasteiger partial charge is 0.395 e. The van der Waals surface area contributed by atoms with Crippen LogP contribution in [0.3, 0.4) is 0 Å². The number of carbonyl (C=O) groups is 1. The highest BCUT2D eigenvalue weighted by Gasteiger charge is 2.21. The SMILES string of the molecule is Cc1nc(Cl)cc(Nc2ncc(C(=O)Nc3c(C)cccc3N3CCN(CCO)CC3)s2)n1. The topological polar surface area (TPSA) is 107 Å². The molecule has 3 aromatic rings. The van der Waals surface area contributed by atoms with Gasteiger partial charge in [-0.25, -0.2) is 15.0 Å². The Balaban J connectivity index is 1.47. The number of benzene rings is 1. The molecule has 1 aliphatic rings. The van der Waals surface area contributed by atoms with Gasteiger partial charge < -0.3 is 20.6 Å². The van der Waals surface area contributed by atoms with E-state index in [4.69, 9.17) is 11.6 Å². The first-order valence-corrected chi connectivity index (χ1v) is 11.9. The molecule has 11 heteroatoms. The first-order valence-electron chi connectivity index (χ1n) is 10.7. The summed E-state index contributed by atoms with van der Waals surface area (Å²) >= 11 is 7.23. The van der Waals surface area contributed by atoms with E-state index in [1.807, 2.05) is 25.1 Å². The number of hydrogen-bond acceptors (Lipinski definition) is 9. The molecule has 1 fully saturated rings. The van der Waals surface area contributed by atoms with Crippen molar-refractivity contribution in [1.82, 2.24) is 19.9 Å². The molecule has 0 atom stereocenters. The maximum Gasteiger partial charge on any atom is 0.267 e. The summed E-state index contributed by atoms with van der Waals surface area (Å²) in [5, 5.41) is 16.2. The predicted octanol–water partition coefficient (Wildman–Crippen LogP) is 3.31. The van der Waals surface area contributed by atoms with Crippen molar-refractivity contribution >= 4 is 51.2 Å². The number of carbonyl (C=O) groups excluding carboxylic acids is 1. The molecule has 0 aliphatic carbocycles. The Labute approximate surface area is 201 Å². The summed E-state index contributed by atoms with van der Waals surface area (Å²) in [5.74, 6) is 0.853. The molecule has 174 valence electrons. The molecule has 1 aromatic carbocycles. The lowest BCUT2D eigenvalue weighted by Crippen LogP contribution is -2.47. The second kappa shape index (κ2) is 10.4. The zero-order valence-corrected chi connectivity index (χ0v) is 20.1. The number of anilines is 4. The van der Waals surface area contributed by atoms with Crippen molar-refractivity contribution in [3.63, 3.8) is 0 Å². The molecule has 0 radical (unpaired) electrons. The fourth-order valence-electron chi connectivity index (χ4n) is 3.75. The maximum absolute atomic E-state index is 13.0. The number of nitrogens with zero attached hydrogens (tertiary/aromatic N) is 5. The summed E-state index contributed by atoms with van der Waals surface area (Å²) in [4.78, 5) is 30.7. The van der Waals surface area contributed by atoms with Crippen LogP contribution in [-0.2, 0) is 0 Å². The van der Waals surface area contributed by atoms with Crippen molar-refractivity contribution in [2.45, 2.75) is 13.8 Å². The van der Waals surface area contributed by atoms with Crippen molar-refractivity contribution in [2.75, 3.05) is 54.9 Å². The van der Waals surface area contributed by atoms with Crippen LogP contribution in [0.5, 0.6) is 0 Å². The molecule has 3 heterocycles. The lowest BCUT2D eigenvalue weighted by atomic mass is 10.1. The smallest absolute Gasteiger partial charge is 0.267 e. The molecule has 0 unspecified atom stereocenters. The molecule has 33 heavy (non-hydrogen) atoms. The summed E-state index contributed by atoms with van der Waals surface area (Å²) in [7, 11) is 0. The Kier molecular flexibility index (Phi) is 7.39. The van der Waals surface area contributed by atoms with Gasteiger partial charge >= 0.3 is 0 Å². The third-order valence-electron chi connectivity index (χ3n) is 5.39. The molecule has 3 N–H and O–H groups in total. The van der Waals surface area contributed by atoms with Crippen LogP contribution in [0.1, 0.15) is 21.1 Å². The molecule has 0 bridgehead atoms. The van der Waals surface area contributed by atoms with Gasteiger partial charge in [-0.1, -0.05) is 35.1 Å². The molecular formula is C22H26ClN7O2S. The summed E-state index contributed by atoms with van der Waals surface area (Å²) in [5.41, 5.74) is 2.80. The van der Waals surface area contributed by atoms with Crippen LogP contribution in [0.4, 0.5) is 22.3 Å². The van der Waals surface area contributed by atoms with Gasteiger partial charge in [-0.05, 0) is 25.5 Å². The van der Waals surface area contributed by atoms with Crippen LogP contribution in [0.25, 0.3) is 0 Å². The van der Waals surface area contributed by atoms with E-state index in [1.54, 1.807) is 19.2 Å². The zero-order chi connectivity index (χ0) is 23.4. The molecule has 1 saturated heterocycles. The van der Waals surface area contributed by atoms with Crippen molar-refractivity contribution in [3.05, 3.63) is 51.9 Å². The summed E-state index contributed by atoms with van der Waals surface area (Å²) in [6.45, 7) is 8.02. The van der Waals surface area contributed by atoms with Gasteiger partial charge in [0.05, 0.1) is 24.2 Å². The van der Waals surface area contributed by atoms with Crippen LogP contribution in [0, 0.1) is 13.8 Å². The van der Waals surface area contributed by atoms with Crippen molar-refractivity contribution < 1.29 is 9.90 Å². The van der Waals surface area contributed by atoms with Gasteiger partial charge in [-0.2, -0.15) is 0 Å². The Morgan fingerprint density at radius 2 is 2.00 bits per heavy atom. The van der Waals surface area contributed by atoms with E-state index in [0.29, 0.717) is 33.3 Å². The summed E-state index contributed by atoms with van der Waals surface area (Å²) < 4.78 is 0. The van der Waals surface area contributed by atoms with Crippen molar-refractivity contribution in [1.29, 1.82) is 0 Å². The van der Waals surface area contributed by atoms with Crippen LogP contribution < -0.4 is 15.5 Å². The van der Waals surface area contributed by atoms with E-state index in [-0.39, 0.29) is 12.5 Å².